The van der Waals surface area contributed by atoms with Crippen LogP contribution in [0.4, 0.5) is 0 Å². The van der Waals surface area contributed by atoms with Gasteiger partial charge in [-0.2, -0.15) is 5.10 Å². The van der Waals surface area contributed by atoms with Crippen LogP contribution in [0.15, 0.2) is 6.07 Å². The van der Waals surface area contributed by atoms with Crippen LogP contribution in [0.25, 0.3) is 0 Å². The highest BCUT2D eigenvalue weighted by Gasteiger charge is 2.29. The van der Waals surface area contributed by atoms with Crippen LogP contribution in [-0.4, -0.2) is 36.6 Å². The Labute approximate surface area is 130 Å². The number of rotatable bonds is 10. The number of hydrogen-bond acceptors (Lipinski definition) is 3. The zero-order valence-electron chi connectivity index (χ0n) is 14.7. The van der Waals surface area contributed by atoms with Crippen molar-refractivity contribution >= 4 is 0 Å². The van der Waals surface area contributed by atoms with E-state index in [0.717, 1.165) is 39.1 Å². The van der Waals surface area contributed by atoms with Crippen LogP contribution in [-0.2, 0) is 24.1 Å². The van der Waals surface area contributed by atoms with Gasteiger partial charge >= 0.3 is 0 Å². The average molecular weight is 295 g/mol. The van der Waals surface area contributed by atoms with Crippen LogP contribution in [0.5, 0.6) is 0 Å². The Morgan fingerprint density at radius 1 is 1.38 bits per heavy atom. The summed E-state index contributed by atoms with van der Waals surface area (Å²) in [5.41, 5.74) is 2.79. The van der Waals surface area contributed by atoms with Gasteiger partial charge in [0.05, 0.1) is 12.3 Å². The maximum absolute atomic E-state index is 5.11. The van der Waals surface area contributed by atoms with Crippen LogP contribution in [0.1, 0.15) is 46.0 Å². The molecule has 0 saturated heterocycles. The molecule has 1 N–H and O–H groups in total. The lowest BCUT2D eigenvalue weighted by atomic mass is 9.75. The molecule has 0 aromatic carbocycles. The van der Waals surface area contributed by atoms with Crippen LogP contribution in [0.3, 0.4) is 0 Å². The van der Waals surface area contributed by atoms with E-state index in [4.69, 9.17) is 4.74 Å². The highest BCUT2D eigenvalue weighted by atomic mass is 16.5. The molecule has 0 amide bonds. The summed E-state index contributed by atoms with van der Waals surface area (Å²) in [6, 6.07) is 2.28. The normalized spacial score (nSPS) is 14.6. The fourth-order valence-electron chi connectivity index (χ4n) is 2.54. The van der Waals surface area contributed by atoms with Gasteiger partial charge in [-0.25, -0.2) is 0 Å². The molecule has 0 bridgehead atoms. The molecule has 122 valence electrons. The van der Waals surface area contributed by atoms with Crippen molar-refractivity contribution in [3.8, 4) is 0 Å². The van der Waals surface area contributed by atoms with Gasteiger partial charge < -0.3 is 10.1 Å². The molecular formula is C17H33N3O. The van der Waals surface area contributed by atoms with Gasteiger partial charge in [0, 0.05) is 32.4 Å². The monoisotopic (exact) mass is 295 g/mol. The summed E-state index contributed by atoms with van der Waals surface area (Å²) in [4.78, 5) is 0. The van der Waals surface area contributed by atoms with E-state index >= 15 is 0 Å². The van der Waals surface area contributed by atoms with Crippen molar-refractivity contribution in [3.63, 3.8) is 0 Å². The molecule has 1 rings (SSSR count). The minimum absolute atomic E-state index is 0.228. The van der Waals surface area contributed by atoms with Crippen molar-refractivity contribution in [2.24, 2.45) is 11.3 Å². The third kappa shape index (κ3) is 5.11. The minimum atomic E-state index is 0.228. The Morgan fingerprint density at radius 3 is 2.62 bits per heavy atom. The number of methoxy groups -OCH3 is 1. The van der Waals surface area contributed by atoms with Gasteiger partial charge in [-0.05, 0) is 37.2 Å². The Bertz CT molecular complexity index is 414. The van der Waals surface area contributed by atoms with Gasteiger partial charge in [-0.3, -0.25) is 4.68 Å². The topological polar surface area (TPSA) is 39.1 Å². The van der Waals surface area contributed by atoms with Crippen LogP contribution in [0, 0.1) is 11.3 Å². The first-order valence-corrected chi connectivity index (χ1v) is 8.22. The minimum Gasteiger partial charge on any atom is -0.383 e. The van der Waals surface area contributed by atoms with Crippen LogP contribution < -0.4 is 5.32 Å². The SMILES string of the molecule is CCc1cc(CC(C)(CNCCOC)C(C)C)n(CC)n1. The van der Waals surface area contributed by atoms with Crippen molar-refractivity contribution in [3.05, 3.63) is 17.5 Å². The number of aromatic nitrogens is 2. The second-order valence-electron chi connectivity index (χ2n) is 6.45. The molecule has 0 spiro atoms. The number of ether oxygens (including phenoxy) is 1. The summed E-state index contributed by atoms with van der Waals surface area (Å²) in [5.74, 6) is 0.609. The Balaban J connectivity index is 2.79. The van der Waals surface area contributed by atoms with Crippen molar-refractivity contribution < 1.29 is 4.74 Å². The smallest absolute Gasteiger partial charge is 0.0624 e. The molecule has 1 heterocycles. The van der Waals surface area contributed by atoms with E-state index in [0.29, 0.717) is 5.92 Å². The van der Waals surface area contributed by atoms with Gasteiger partial charge in [-0.15, -0.1) is 0 Å². The predicted molar refractivity (Wildman–Crippen MR) is 88.7 cm³/mol. The van der Waals surface area contributed by atoms with E-state index in [1.54, 1.807) is 7.11 Å². The molecular weight excluding hydrogens is 262 g/mol. The van der Waals surface area contributed by atoms with Crippen molar-refractivity contribution in [2.75, 3.05) is 26.8 Å². The Morgan fingerprint density at radius 2 is 2.10 bits per heavy atom. The third-order valence-electron chi connectivity index (χ3n) is 4.57. The number of aryl methyl sites for hydroxylation is 2. The standard InChI is InChI=1S/C17H33N3O/c1-7-15-11-16(20(8-2)19-15)12-17(5,14(3)4)13-18-9-10-21-6/h11,14,18H,7-10,12-13H2,1-6H3. The molecule has 4 heteroatoms. The maximum atomic E-state index is 5.11. The fraction of sp³-hybridized carbons (Fsp3) is 0.824. The molecule has 0 radical (unpaired) electrons. The first-order valence-electron chi connectivity index (χ1n) is 8.22. The van der Waals surface area contributed by atoms with E-state index in [2.05, 4.69) is 55.8 Å². The molecule has 1 aromatic rings. The molecule has 0 saturated carbocycles. The Hall–Kier alpha value is -0.870. The third-order valence-corrected chi connectivity index (χ3v) is 4.57. The van der Waals surface area contributed by atoms with Crippen LogP contribution in [0.2, 0.25) is 0 Å². The largest absolute Gasteiger partial charge is 0.383 e. The molecule has 0 aliphatic carbocycles. The number of nitrogens with zero attached hydrogens (tertiary/aromatic N) is 2. The lowest BCUT2D eigenvalue weighted by Gasteiger charge is -2.34. The highest BCUT2D eigenvalue weighted by Crippen LogP contribution is 2.31. The summed E-state index contributed by atoms with van der Waals surface area (Å²) in [5, 5.41) is 8.21. The fourth-order valence-corrected chi connectivity index (χ4v) is 2.54. The molecule has 0 aliphatic heterocycles. The predicted octanol–water partition coefficient (Wildman–Crippen LogP) is 2.91. The Kier molecular flexibility index (Phi) is 7.40. The molecule has 0 aliphatic rings. The number of hydrogen-bond donors (Lipinski definition) is 1. The highest BCUT2D eigenvalue weighted by molar-refractivity contribution is 5.13. The first kappa shape index (κ1) is 18.2. The first-order chi connectivity index (χ1) is 9.96. The van der Waals surface area contributed by atoms with E-state index < -0.39 is 0 Å². The summed E-state index contributed by atoms with van der Waals surface area (Å²) in [6.07, 6.45) is 2.07. The summed E-state index contributed by atoms with van der Waals surface area (Å²) < 4.78 is 7.27. The van der Waals surface area contributed by atoms with E-state index in [9.17, 15) is 0 Å². The molecule has 1 atom stereocenters. The maximum Gasteiger partial charge on any atom is 0.0624 e. The lowest BCUT2D eigenvalue weighted by Crippen LogP contribution is -2.39. The van der Waals surface area contributed by atoms with E-state index in [1.807, 2.05) is 0 Å². The zero-order valence-corrected chi connectivity index (χ0v) is 14.7. The summed E-state index contributed by atoms with van der Waals surface area (Å²) in [7, 11) is 1.75. The molecule has 4 nitrogen and oxygen atoms in total. The molecule has 1 unspecified atom stereocenters. The van der Waals surface area contributed by atoms with Gasteiger partial charge in [0.25, 0.3) is 0 Å². The second-order valence-corrected chi connectivity index (χ2v) is 6.45. The quantitative estimate of drug-likeness (QED) is 0.675. The van der Waals surface area contributed by atoms with Crippen molar-refractivity contribution in [2.45, 2.75) is 54.0 Å². The van der Waals surface area contributed by atoms with Gasteiger partial charge in [0.1, 0.15) is 0 Å². The van der Waals surface area contributed by atoms with Gasteiger partial charge in [-0.1, -0.05) is 27.7 Å². The molecule has 21 heavy (non-hydrogen) atoms. The van der Waals surface area contributed by atoms with E-state index in [-0.39, 0.29) is 5.41 Å². The zero-order chi connectivity index (χ0) is 15.9. The second kappa shape index (κ2) is 8.54. The molecule has 0 fully saturated rings. The molecule has 1 aromatic heterocycles. The van der Waals surface area contributed by atoms with E-state index in [1.165, 1.54) is 11.4 Å². The number of nitrogens with one attached hydrogen (secondary N) is 1. The van der Waals surface area contributed by atoms with Crippen LogP contribution >= 0.6 is 0 Å². The van der Waals surface area contributed by atoms with Gasteiger partial charge in [0.15, 0.2) is 0 Å². The van der Waals surface area contributed by atoms with Gasteiger partial charge in [0.2, 0.25) is 0 Å². The lowest BCUT2D eigenvalue weighted by molar-refractivity contribution is 0.173. The van der Waals surface area contributed by atoms with Crippen molar-refractivity contribution in [1.82, 2.24) is 15.1 Å². The summed E-state index contributed by atoms with van der Waals surface area (Å²) in [6.45, 7) is 14.9. The van der Waals surface area contributed by atoms with Crippen molar-refractivity contribution in [1.29, 1.82) is 0 Å². The summed E-state index contributed by atoms with van der Waals surface area (Å²) >= 11 is 0. The average Bonchev–Trinajstić information content (AvgIpc) is 2.85.